The van der Waals surface area contributed by atoms with Gasteiger partial charge in [0.25, 0.3) is 0 Å². The zero-order valence-corrected chi connectivity index (χ0v) is 18.7. The lowest BCUT2D eigenvalue weighted by atomic mass is 9.88. The molecule has 0 spiro atoms. The Morgan fingerprint density at radius 1 is 1.07 bits per heavy atom. The van der Waals surface area contributed by atoms with Gasteiger partial charge in [0.05, 0.1) is 12.3 Å². The quantitative estimate of drug-likeness (QED) is 0.741. The maximum atomic E-state index is 13.2. The van der Waals surface area contributed by atoms with Gasteiger partial charge in [-0.05, 0) is 37.8 Å². The second kappa shape index (κ2) is 10.7. The smallest absolute Gasteiger partial charge is 0.245 e. The minimum absolute atomic E-state index is 0.0481. The maximum Gasteiger partial charge on any atom is 0.245 e. The van der Waals surface area contributed by atoms with Crippen LogP contribution in [0.2, 0.25) is 0 Å². The largest absolute Gasteiger partial charge is 0.492 e. The van der Waals surface area contributed by atoms with Crippen molar-refractivity contribution >= 4 is 17.5 Å². The first-order chi connectivity index (χ1) is 14.5. The zero-order chi connectivity index (χ0) is 21.5. The third-order valence-corrected chi connectivity index (χ3v) is 6.30. The lowest BCUT2D eigenvalue weighted by Crippen LogP contribution is -2.57. The molecule has 2 fully saturated rings. The highest BCUT2D eigenvalue weighted by atomic mass is 16.5. The van der Waals surface area contributed by atoms with E-state index in [0.29, 0.717) is 19.7 Å². The van der Waals surface area contributed by atoms with Gasteiger partial charge >= 0.3 is 0 Å². The molecule has 1 saturated carbocycles. The van der Waals surface area contributed by atoms with Crippen LogP contribution in [0.1, 0.15) is 52.9 Å². The van der Waals surface area contributed by atoms with E-state index < -0.39 is 6.04 Å². The minimum Gasteiger partial charge on any atom is -0.492 e. The van der Waals surface area contributed by atoms with Crippen molar-refractivity contribution in [3.05, 3.63) is 24.3 Å². The molecule has 6 nitrogen and oxygen atoms in total. The van der Waals surface area contributed by atoms with Crippen molar-refractivity contribution in [1.29, 1.82) is 0 Å². The Hall–Kier alpha value is -2.24. The predicted molar refractivity (Wildman–Crippen MR) is 120 cm³/mol. The number of para-hydroxylation sites is 2. The van der Waals surface area contributed by atoms with Gasteiger partial charge in [-0.25, -0.2) is 0 Å². The molecule has 0 aromatic heterocycles. The normalized spacial score (nSPS) is 18.9. The lowest BCUT2D eigenvalue weighted by Gasteiger charge is -2.39. The molecular weight excluding hydrogens is 378 g/mol. The molecule has 166 valence electrons. The summed E-state index contributed by atoms with van der Waals surface area (Å²) in [5, 5.41) is 3.09. The minimum atomic E-state index is -0.443. The molecule has 3 rings (SSSR count). The van der Waals surface area contributed by atoms with Gasteiger partial charge in [0.15, 0.2) is 0 Å². The Morgan fingerprint density at radius 2 is 1.73 bits per heavy atom. The van der Waals surface area contributed by atoms with Gasteiger partial charge in [-0.15, -0.1) is 0 Å². The molecule has 1 unspecified atom stereocenters. The molecule has 1 atom stereocenters. The van der Waals surface area contributed by atoms with E-state index in [-0.39, 0.29) is 23.7 Å². The Balaban J connectivity index is 1.59. The number of piperazine rings is 1. The molecule has 1 aliphatic heterocycles. The second-order valence-corrected chi connectivity index (χ2v) is 8.78. The molecule has 1 N–H and O–H groups in total. The fourth-order valence-corrected chi connectivity index (χ4v) is 4.51. The molecule has 1 aromatic rings. The van der Waals surface area contributed by atoms with Crippen molar-refractivity contribution in [3.8, 4) is 5.75 Å². The van der Waals surface area contributed by atoms with Crippen LogP contribution in [0.5, 0.6) is 5.75 Å². The van der Waals surface area contributed by atoms with E-state index in [1.165, 1.54) is 6.42 Å². The molecule has 0 bridgehead atoms. The Kier molecular flexibility index (Phi) is 8.00. The third-order valence-electron chi connectivity index (χ3n) is 6.30. The van der Waals surface area contributed by atoms with Gasteiger partial charge < -0.3 is 19.9 Å². The summed E-state index contributed by atoms with van der Waals surface area (Å²) < 4.78 is 5.77. The predicted octanol–water partition coefficient (Wildman–Crippen LogP) is 3.46. The van der Waals surface area contributed by atoms with Crippen molar-refractivity contribution in [2.75, 3.05) is 37.7 Å². The lowest BCUT2D eigenvalue weighted by molar-refractivity contribution is -0.139. The number of amides is 2. The number of carbonyl (C=O) groups excluding carboxylic acids is 2. The molecule has 1 aliphatic carbocycles. The molecule has 30 heavy (non-hydrogen) atoms. The molecule has 1 saturated heterocycles. The molecule has 0 radical (unpaired) electrons. The van der Waals surface area contributed by atoms with Crippen molar-refractivity contribution in [2.45, 2.75) is 58.9 Å². The van der Waals surface area contributed by atoms with Crippen LogP contribution in [0.3, 0.4) is 0 Å². The Morgan fingerprint density at radius 3 is 2.37 bits per heavy atom. The maximum absolute atomic E-state index is 13.2. The van der Waals surface area contributed by atoms with Gasteiger partial charge in [-0.1, -0.05) is 45.2 Å². The van der Waals surface area contributed by atoms with Crippen LogP contribution in [-0.2, 0) is 9.59 Å². The standard InChI is InChI=1S/C24H37N3O3/c1-4-30-21-13-9-8-12-20(21)26-14-16-27(17-15-26)24(29)22(18(2)3)25-23(28)19-10-6-5-7-11-19/h8-9,12-13,18-19,22H,4-7,10-11,14-17H2,1-3H3,(H,25,28). The molecule has 2 aliphatic rings. The van der Waals surface area contributed by atoms with E-state index in [1.807, 2.05) is 43.9 Å². The number of carbonyl (C=O) groups is 2. The van der Waals surface area contributed by atoms with Crippen molar-refractivity contribution in [1.82, 2.24) is 10.2 Å². The number of ether oxygens (including phenoxy) is 1. The van der Waals surface area contributed by atoms with E-state index in [4.69, 9.17) is 4.74 Å². The van der Waals surface area contributed by atoms with Crippen LogP contribution in [-0.4, -0.2) is 55.5 Å². The van der Waals surface area contributed by atoms with Crippen molar-refractivity contribution in [2.24, 2.45) is 11.8 Å². The number of nitrogens with one attached hydrogen (secondary N) is 1. The number of anilines is 1. The van der Waals surface area contributed by atoms with Gasteiger partial charge in [0.1, 0.15) is 11.8 Å². The first-order valence-corrected chi connectivity index (χ1v) is 11.6. The first-order valence-electron chi connectivity index (χ1n) is 11.6. The fraction of sp³-hybridized carbons (Fsp3) is 0.667. The summed E-state index contributed by atoms with van der Waals surface area (Å²) in [6, 6.07) is 7.62. The van der Waals surface area contributed by atoms with E-state index >= 15 is 0 Å². The molecular formula is C24H37N3O3. The number of hydrogen-bond donors (Lipinski definition) is 1. The van der Waals surface area contributed by atoms with Gasteiger partial charge in [-0.3, -0.25) is 9.59 Å². The van der Waals surface area contributed by atoms with Crippen LogP contribution < -0.4 is 15.0 Å². The summed E-state index contributed by atoms with van der Waals surface area (Å²) in [7, 11) is 0. The molecule has 2 amide bonds. The first kappa shape index (κ1) is 22.4. The van der Waals surface area contributed by atoms with Crippen LogP contribution in [0, 0.1) is 11.8 Å². The second-order valence-electron chi connectivity index (χ2n) is 8.78. The summed E-state index contributed by atoms with van der Waals surface area (Å²) in [5.74, 6) is 1.14. The van der Waals surface area contributed by atoms with Crippen molar-refractivity contribution < 1.29 is 14.3 Å². The molecule has 1 aromatic carbocycles. The van der Waals surface area contributed by atoms with Crippen LogP contribution in [0.25, 0.3) is 0 Å². The van der Waals surface area contributed by atoms with Crippen LogP contribution >= 0.6 is 0 Å². The highest BCUT2D eigenvalue weighted by Crippen LogP contribution is 2.29. The third kappa shape index (κ3) is 5.46. The average Bonchev–Trinajstić information content (AvgIpc) is 2.78. The Labute approximate surface area is 180 Å². The number of hydrogen-bond acceptors (Lipinski definition) is 4. The van der Waals surface area contributed by atoms with E-state index in [9.17, 15) is 9.59 Å². The summed E-state index contributed by atoms with van der Waals surface area (Å²) in [5.41, 5.74) is 1.08. The monoisotopic (exact) mass is 415 g/mol. The summed E-state index contributed by atoms with van der Waals surface area (Å²) in [6.07, 6.45) is 5.34. The van der Waals surface area contributed by atoms with Crippen LogP contribution in [0.4, 0.5) is 5.69 Å². The SMILES string of the molecule is CCOc1ccccc1N1CCN(C(=O)C(NC(=O)C2CCCCC2)C(C)C)CC1. The fourth-order valence-electron chi connectivity index (χ4n) is 4.51. The highest BCUT2D eigenvalue weighted by Gasteiger charge is 2.33. The Bertz CT molecular complexity index is 707. The van der Waals surface area contributed by atoms with Gasteiger partial charge in [0, 0.05) is 32.1 Å². The molecule has 6 heteroatoms. The summed E-state index contributed by atoms with van der Waals surface area (Å²) >= 11 is 0. The summed E-state index contributed by atoms with van der Waals surface area (Å²) in [6.45, 7) is 9.47. The van der Waals surface area contributed by atoms with E-state index in [0.717, 1.165) is 50.2 Å². The van der Waals surface area contributed by atoms with Crippen molar-refractivity contribution in [3.63, 3.8) is 0 Å². The zero-order valence-electron chi connectivity index (χ0n) is 18.7. The number of nitrogens with zero attached hydrogens (tertiary/aromatic N) is 2. The molecule has 1 heterocycles. The number of rotatable bonds is 7. The van der Waals surface area contributed by atoms with Crippen LogP contribution in [0.15, 0.2) is 24.3 Å². The van der Waals surface area contributed by atoms with Gasteiger partial charge in [0.2, 0.25) is 11.8 Å². The van der Waals surface area contributed by atoms with Gasteiger partial charge in [-0.2, -0.15) is 0 Å². The van der Waals surface area contributed by atoms with E-state index in [2.05, 4.69) is 16.3 Å². The number of benzene rings is 1. The topological polar surface area (TPSA) is 61.9 Å². The average molecular weight is 416 g/mol. The summed E-state index contributed by atoms with van der Waals surface area (Å²) in [4.78, 5) is 30.2. The van der Waals surface area contributed by atoms with E-state index in [1.54, 1.807) is 0 Å². The highest BCUT2D eigenvalue weighted by molar-refractivity contribution is 5.89.